The summed E-state index contributed by atoms with van der Waals surface area (Å²) in [6.45, 7) is 3.46. The van der Waals surface area contributed by atoms with Gasteiger partial charge in [-0.15, -0.1) is 12.4 Å². The highest BCUT2D eigenvalue weighted by atomic mass is 35.5. The maximum Gasteiger partial charge on any atom is 0.280 e. The number of ether oxygens (including phenoxy) is 1. The van der Waals surface area contributed by atoms with Gasteiger partial charge in [-0.25, -0.2) is 0 Å². The number of anilines is 3. The molecule has 2 N–H and O–H groups in total. The van der Waals surface area contributed by atoms with Crippen LogP contribution in [0.5, 0.6) is 5.88 Å². The van der Waals surface area contributed by atoms with E-state index in [4.69, 9.17) is 16.3 Å². The standard InChI is InChI=1S/C24H23ClN4O3.ClH/c1-15(26-3)21(30)27-20-14-13-19-22(28-20)32-24(2,16-7-5-4-6-8-16)23(31)29(19)18-11-9-17(25)10-12-18;/h4-15,26H,1-3H3,(H,27,28,30);1H/t15-,24-;/m0./s1. The fourth-order valence-electron chi connectivity index (χ4n) is 3.46. The Labute approximate surface area is 203 Å². The molecule has 1 aromatic heterocycles. The fraction of sp³-hybridized carbons (Fsp3) is 0.208. The summed E-state index contributed by atoms with van der Waals surface area (Å²) < 4.78 is 6.21. The number of carbonyl (C=O) groups excluding carboxylic acids is 2. The van der Waals surface area contributed by atoms with Crippen molar-refractivity contribution in [2.24, 2.45) is 0 Å². The van der Waals surface area contributed by atoms with Gasteiger partial charge in [0.15, 0.2) is 0 Å². The lowest BCUT2D eigenvalue weighted by molar-refractivity contribution is -0.134. The van der Waals surface area contributed by atoms with Crippen LogP contribution in [0, 0.1) is 0 Å². The molecule has 2 amide bonds. The highest BCUT2D eigenvalue weighted by molar-refractivity contribution is 6.30. The number of pyridine rings is 1. The first-order chi connectivity index (χ1) is 15.3. The Morgan fingerprint density at radius 3 is 2.39 bits per heavy atom. The Hall–Kier alpha value is -3.13. The third-order valence-corrected chi connectivity index (χ3v) is 5.73. The number of hydrogen-bond acceptors (Lipinski definition) is 5. The molecule has 33 heavy (non-hydrogen) atoms. The van der Waals surface area contributed by atoms with Crippen LogP contribution in [-0.2, 0) is 15.2 Å². The Kier molecular flexibility index (Phi) is 7.27. The van der Waals surface area contributed by atoms with Crippen LogP contribution in [0.3, 0.4) is 0 Å². The minimum Gasteiger partial charge on any atom is -0.455 e. The molecule has 0 saturated carbocycles. The molecule has 0 fully saturated rings. The zero-order chi connectivity index (χ0) is 22.9. The Morgan fingerprint density at radius 1 is 1.09 bits per heavy atom. The molecule has 3 aromatic rings. The lowest BCUT2D eigenvalue weighted by Gasteiger charge is -2.40. The molecule has 2 heterocycles. The summed E-state index contributed by atoms with van der Waals surface area (Å²) in [6, 6.07) is 19.2. The molecule has 0 bridgehead atoms. The smallest absolute Gasteiger partial charge is 0.280 e. The summed E-state index contributed by atoms with van der Waals surface area (Å²) >= 11 is 6.06. The van der Waals surface area contributed by atoms with Crippen molar-refractivity contribution in [1.29, 1.82) is 0 Å². The van der Waals surface area contributed by atoms with Crippen LogP contribution >= 0.6 is 24.0 Å². The molecular weight excluding hydrogens is 463 g/mol. The molecule has 0 aliphatic carbocycles. The van der Waals surface area contributed by atoms with E-state index in [0.29, 0.717) is 27.8 Å². The van der Waals surface area contributed by atoms with Gasteiger partial charge in [0.1, 0.15) is 11.5 Å². The second-order valence-corrected chi connectivity index (χ2v) is 8.08. The summed E-state index contributed by atoms with van der Waals surface area (Å²) in [5.74, 6) is 0.0746. The van der Waals surface area contributed by atoms with Crippen LogP contribution in [-0.4, -0.2) is 29.9 Å². The third kappa shape index (κ3) is 4.66. The van der Waals surface area contributed by atoms with Gasteiger partial charge >= 0.3 is 0 Å². The van der Waals surface area contributed by atoms with Crippen molar-refractivity contribution in [3.8, 4) is 5.88 Å². The molecule has 0 radical (unpaired) electrons. The van der Waals surface area contributed by atoms with Gasteiger partial charge < -0.3 is 15.4 Å². The van der Waals surface area contributed by atoms with Gasteiger partial charge in [0, 0.05) is 16.3 Å². The second kappa shape index (κ2) is 9.79. The third-order valence-electron chi connectivity index (χ3n) is 5.48. The van der Waals surface area contributed by atoms with Gasteiger partial charge in [-0.2, -0.15) is 4.98 Å². The van der Waals surface area contributed by atoms with E-state index in [2.05, 4.69) is 15.6 Å². The molecule has 7 nitrogen and oxygen atoms in total. The summed E-state index contributed by atoms with van der Waals surface area (Å²) in [6.07, 6.45) is 0. The number of rotatable bonds is 5. The van der Waals surface area contributed by atoms with E-state index in [9.17, 15) is 9.59 Å². The number of nitrogens with one attached hydrogen (secondary N) is 2. The van der Waals surface area contributed by atoms with E-state index < -0.39 is 11.6 Å². The van der Waals surface area contributed by atoms with Crippen LogP contribution in [0.1, 0.15) is 19.4 Å². The molecule has 0 unspecified atom stereocenters. The number of aromatic nitrogens is 1. The molecule has 4 rings (SSSR count). The van der Waals surface area contributed by atoms with E-state index in [1.165, 1.54) is 0 Å². The highest BCUT2D eigenvalue weighted by Crippen LogP contribution is 2.45. The lowest BCUT2D eigenvalue weighted by Crippen LogP contribution is -2.50. The number of benzene rings is 2. The number of carbonyl (C=O) groups is 2. The van der Waals surface area contributed by atoms with Crippen molar-refractivity contribution in [3.63, 3.8) is 0 Å². The van der Waals surface area contributed by atoms with Gasteiger partial charge in [-0.1, -0.05) is 41.9 Å². The monoisotopic (exact) mass is 486 g/mol. The maximum absolute atomic E-state index is 13.7. The number of fused-ring (bicyclic) bond motifs is 1. The number of halogens is 2. The Bertz CT molecular complexity index is 1160. The molecule has 2 atom stereocenters. The summed E-state index contributed by atoms with van der Waals surface area (Å²) in [5, 5.41) is 6.22. The molecule has 1 aliphatic heterocycles. The minimum absolute atomic E-state index is 0. The van der Waals surface area contributed by atoms with Gasteiger partial charge in [0.05, 0.1) is 6.04 Å². The number of amides is 2. The SMILES string of the molecule is CN[C@@H](C)C(=O)Nc1ccc2c(n1)O[C@@](C)(c1ccccc1)C(=O)N2c1ccc(Cl)cc1.Cl. The highest BCUT2D eigenvalue weighted by Gasteiger charge is 2.47. The van der Waals surface area contributed by atoms with Crippen molar-refractivity contribution < 1.29 is 14.3 Å². The zero-order valence-electron chi connectivity index (χ0n) is 18.3. The molecule has 172 valence electrons. The van der Waals surface area contributed by atoms with E-state index in [1.807, 2.05) is 30.3 Å². The van der Waals surface area contributed by atoms with Crippen molar-refractivity contribution in [3.05, 3.63) is 77.3 Å². The topological polar surface area (TPSA) is 83.6 Å². The number of nitrogens with zero attached hydrogens (tertiary/aromatic N) is 2. The zero-order valence-corrected chi connectivity index (χ0v) is 19.9. The van der Waals surface area contributed by atoms with Crippen LogP contribution in [0.2, 0.25) is 5.02 Å². The number of likely N-dealkylation sites (N-methyl/N-ethyl adjacent to an activating group) is 1. The van der Waals surface area contributed by atoms with E-state index >= 15 is 0 Å². The van der Waals surface area contributed by atoms with Crippen LogP contribution in [0.15, 0.2) is 66.7 Å². The lowest BCUT2D eigenvalue weighted by atomic mass is 9.92. The van der Waals surface area contributed by atoms with Crippen molar-refractivity contribution in [2.45, 2.75) is 25.5 Å². The molecule has 9 heteroatoms. The summed E-state index contributed by atoms with van der Waals surface area (Å²) in [7, 11) is 1.70. The molecule has 1 aliphatic rings. The van der Waals surface area contributed by atoms with E-state index in [1.54, 1.807) is 62.2 Å². The largest absolute Gasteiger partial charge is 0.455 e. The summed E-state index contributed by atoms with van der Waals surface area (Å²) in [4.78, 5) is 32.1. The quantitative estimate of drug-likeness (QED) is 0.547. The second-order valence-electron chi connectivity index (χ2n) is 7.64. The van der Waals surface area contributed by atoms with Crippen LogP contribution in [0.4, 0.5) is 17.2 Å². The maximum atomic E-state index is 13.7. The minimum atomic E-state index is -1.32. The van der Waals surface area contributed by atoms with E-state index in [-0.39, 0.29) is 30.1 Å². The Morgan fingerprint density at radius 2 is 1.76 bits per heavy atom. The Balaban J connectivity index is 0.00000306. The predicted octanol–water partition coefficient (Wildman–Crippen LogP) is 4.68. The molecule has 0 spiro atoms. The van der Waals surface area contributed by atoms with Crippen molar-refractivity contribution in [2.75, 3.05) is 17.3 Å². The van der Waals surface area contributed by atoms with Gasteiger partial charge in [-0.3, -0.25) is 14.5 Å². The van der Waals surface area contributed by atoms with Crippen molar-refractivity contribution in [1.82, 2.24) is 10.3 Å². The fourth-order valence-corrected chi connectivity index (χ4v) is 3.58. The van der Waals surface area contributed by atoms with Crippen molar-refractivity contribution >= 4 is 53.0 Å². The average Bonchev–Trinajstić information content (AvgIpc) is 2.81. The molecule has 2 aromatic carbocycles. The number of hydrogen-bond donors (Lipinski definition) is 2. The van der Waals surface area contributed by atoms with Crippen LogP contribution < -0.4 is 20.3 Å². The first kappa shape index (κ1) is 24.5. The van der Waals surface area contributed by atoms with E-state index in [0.717, 1.165) is 0 Å². The van der Waals surface area contributed by atoms with Gasteiger partial charge in [-0.05, 0) is 57.3 Å². The van der Waals surface area contributed by atoms with Gasteiger partial charge in [0.25, 0.3) is 5.91 Å². The predicted molar refractivity (Wildman–Crippen MR) is 132 cm³/mol. The normalized spacial score (nSPS) is 17.9. The first-order valence-corrected chi connectivity index (χ1v) is 10.5. The summed E-state index contributed by atoms with van der Waals surface area (Å²) in [5.41, 5.74) is 0.482. The molecule has 0 saturated heterocycles. The van der Waals surface area contributed by atoms with Crippen LogP contribution in [0.25, 0.3) is 0 Å². The van der Waals surface area contributed by atoms with Gasteiger partial charge in [0.2, 0.25) is 17.4 Å². The first-order valence-electron chi connectivity index (χ1n) is 10.2. The molecular formula is C24H24Cl2N4O3. The average molecular weight is 487 g/mol.